The van der Waals surface area contributed by atoms with Crippen molar-refractivity contribution in [2.75, 3.05) is 13.7 Å². The van der Waals surface area contributed by atoms with Crippen LogP contribution < -0.4 is 5.32 Å². The molecule has 1 amide bonds. The zero-order valence-electron chi connectivity index (χ0n) is 16.8. The molecule has 0 bridgehead atoms. The van der Waals surface area contributed by atoms with Crippen LogP contribution in [0.15, 0.2) is 48.5 Å². The number of rotatable bonds is 6. The van der Waals surface area contributed by atoms with Gasteiger partial charge in [0.2, 0.25) is 5.91 Å². The minimum atomic E-state index is -0.241. The van der Waals surface area contributed by atoms with Crippen LogP contribution in [0.1, 0.15) is 43.8 Å². The molecule has 1 aliphatic carbocycles. The summed E-state index contributed by atoms with van der Waals surface area (Å²) in [5.41, 5.74) is 2.90. The van der Waals surface area contributed by atoms with Gasteiger partial charge in [-0.15, -0.1) is 0 Å². The standard InChI is InChI=1S/C24H28FNO3/c1-28-12-11-24(27)26-21-15-23(29-22-10-4-9-20(21)22)18-7-2-5-16(13-18)17-6-3-8-19(25)14-17/h2-3,5-8,13-14,20-23H,4,9-12,15H2,1H3,(H,26,27)/t20-,21+,22+,23+/m0/s1. The van der Waals surface area contributed by atoms with Crippen molar-refractivity contribution in [3.63, 3.8) is 0 Å². The lowest BCUT2D eigenvalue weighted by molar-refractivity contribution is -0.127. The quantitative estimate of drug-likeness (QED) is 0.772. The first-order valence-electron chi connectivity index (χ1n) is 10.4. The molecule has 4 rings (SSSR count). The molecule has 154 valence electrons. The second-order valence-corrected chi connectivity index (χ2v) is 8.05. The minimum Gasteiger partial charge on any atom is -0.384 e. The van der Waals surface area contributed by atoms with Crippen molar-refractivity contribution < 1.29 is 18.7 Å². The van der Waals surface area contributed by atoms with Crippen molar-refractivity contribution in [1.82, 2.24) is 5.32 Å². The third-order valence-corrected chi connectivity index (χ3v) is 6.12. The van der Waals surface area contributed by atoms with Gasteiger partial charge in [-0.25, -0.2) is 4.39 Å². The van der Waals surface area contributed by atoms with Crippen molar-refractivity contribution in [3.8, 4) is 11.1 Å². The van der Waals surface area contributed by atoms with Crippen LogP contribution in [0.2, 0.25) is 0 Å². The van der Waals surface area contributed by atoms with Crippen molar-refractivity contribution in [3.05, 3.63) is 59.9 Å². The normalized spacial score (nSPS) is 26.1. The number of amides is 1. The van der Waals surface area contributed by atoms with E-state index in [9.17, 15) is 9.18 Å². The first-order chi connectivity index (χ1) is 14.1. The lowest BCUT2D eigenvalue weighted by Gasteiger charge is -2.39. The van der Waals surface area contributed by atoms with Crippen LogP contribution in [0, 0.1) is 11.7 Å². The second-order valence-electron chi connectivity index (χ2n) is 8.05. The van der Waals surface area contributed by atoms with Gasteiger partial charge in [-0.3, -0.25) is 4.79 Å². The van der Waals surface area contributed by atoms with Crippen LogP contribution in [-0.2, 0) is 14.3 Å². The van der Waals surface area contributed by atoms with Crippen LogP contribution in [0.25, 0.3) is 11.1 Å². The first-order valence-corrected chi connectivity index (χ1v) is 10.4. The van der Waals surface area contributed by atoms with Gasteiger partial charge >= 0.3 is 0 Å². The summed E-state index contributed by atoms with van der Waals surface area (Å²) in [5, 5.41) is 3.23. The van der Waals surface area contributed by atoms with Gasteiger partial charge in [-0.05, 0) is 54.2 Å². The van der Waals surface area contributed by atoms with Gasteiger partial charge in [0.15, 0.2) is 0 Å². The molecule has 0 radical (unpaired) electrons. The lowest BCUT2D eigenvalue weighted by atomic mass is 9.85. The number of methoxy groups -OCH3 is 1. The number of hydrogen-bond acceptors (Lipinski definition) is 3. The first kappa shape index (κ1) is 20.0. The molecule has 2 aromatic carbocycles. The van der Waals surface area contributed by atoms with Crippen LogP contribution in [0.5, 0.6) is 0 Å². The number of carbonyl (C=O) groups is 1. The molecule has 0 aromatic heterocycles. The fourth-order valence-corrected chi connectivity index (χ4v) is 4.70. The molecule has 1 N–H and O–H groups in total. The summed E-state index contributed by atoms with van der Waals surface area (Å²) in [6, 6.07) is 14.9. The highest BCUT2D eigenvalue weighted by molar-refractivity contribution is 5.76. The number of carbonyl (C=O) groups excluding carboxylic acids is 1. The Balaban J connectivity index is 1.53. The predicted octanol–water partition coefficient (Wildman–Crippen LogP) is 4.64. The molecule has 0 spiro atoms. The van der Waals surface area contributed by atoms with E-state index in [1.165, 1.54) is 6.07 Å². The Labute approximate surface area is 171 Å². The summed E-state index contributed by atoms with van der Waals surface area (Å²) in [7, 11) is 1.61. The van der Waals surface area contributed by atoms with E-state index in [1.807, 2.05) is 18.2 Å². The number of fused-ring (bicyclic) bond motifs is 1. The molecule has 29 heavy (non-hydrogen) atoms. The van der Waals surface area contributed by atoms with Crippen LogP contribution in [0.3, 0.4) is 0 Å². The third-order valence-electron chi connectivity index (χ3n) is 6.12. The Morgan fingerprint density at radius 3 is 2.76 bits per heavy atom. The zero-order chi connectivity index (χ0) is 20.2. The molecule has 1 heterocycles. The largest absolute Gasteiger partial charge is 0.384 e. The summed E-state index contributed by atoms with van der Waals surface area (Å²) in [5.74, 6) is 0.176. The highest BCUT2D eigenvalue weighted by Crippen LogP contribution is 2.43. The van der Waals surface area contributed by atoms with E-state index in [0.29, 0.717) is 18.9 Å². The van der Waals surface area contributed by atoms with E-state index in [0.717, 1.165) is 42.4 Å². The van der Waals surface area contributed by atoms with E-state index in [-0.39, 0.29) is 30.0 Å². The van der Waals surface area contributed by atoms with Crippen LogP contribution in [-0.4, -0.2) is 31.8 Å². The van der Waals surface area contributed by atoms with Gasteiger partial charge in [0, 0.05) is 25.5 Å². The Morgan fingerprint density at radius 1 is 1.17 bits per heavy atom. The smallest absolute Gasteiger partial charge is 0.222 e. The second kappa shape index (κ2) is 9.06. The van der Waals surface area contributed by atoms with Crippen LogP contribution >= 0.6 is 0 Å². The van der Waals surface area contributed by atoms with Crippen molar-refractivity contribution in [2.45, 2.75) is 50.4 Å². The Morgan fingerprint density at radius 2 is 1.97 bits per heavy atom. The molecule has 1 aliphatic heterocycles. The lowest BCUT2D eigenvalue weighted by Crippen LogP contribution is -2.48. The van der Waals surface area contributed by atoms with E-state index >= 15 is 0 Å². The highest BCUT2D eigenvalue weighted by atomic mass is 19.1. The van der Waals surface area contributed by atoms with Gasteiger partial charge in [0.05, 0.1) is 18.8 Å². The molecular formula is C24H28FNO3. The van der Waals surface area contributed by atoms with Gasteiger partial charge in [-0.1, -0.05) is 36.8 Å². The topological polar surface area (TPSA) is 47.6 Å². The maximum Gasteiger partial charge on any atom is 0.222 e. The Kier molecular flexibility index (Phi) is 6.26. The summed E-state index contributed by atoms with van der Waals surface area (Å²) >= 11 is 0. The molecule has 2 aromatic rings. The van der Waals surface area contributed by atoms with Gasteiger partial charge < -0.3 is 14.8 Å². The Hall–Kier alpha value is -2.24. The monoisotopic (exact) mass is 397 g/mol. The average Bonchev–Trinajstić information content (AvgIpc) is 3.21. The fourth-order valence-electron chi connectivity index (χ4n) is 4.70. The molecule has 1 saturated carbocycles. The van der Waals surface area contributed by atoms with Crippen LogP contribution in [0.4, 0.5) is 4.39 Å². The molecule has 0 unspecified atom stereocenters. The molecule has 2 aliphatic rings. The number of halogens is 1. The maximum absolute atomic E-state index is 13.6. The van der Waals surface area contributed by atoms with Gasteiger partial charge in [0.25, 0.3) is 0 Å². The minimum absolute atomic E-state index is 0.0386. The third kappa shape index (κ3) is 4.68. The van der Waals surface area contributed by atoms with E-state index < -0.39 is 0 Å². The van der Waals surface area contributed by atoms with Gasteiger partial charge in [-0.2, -0.15) is 0 Å². The molecule has 2 fully saturated rings. The number of nitrogens with one attached hydrogen (secondary N) is 1. The molecule has 5 heteroatoms. The summed E-state index contributed by atoms with van der Waals surface area (Å²) in [4.78, 5) is 12.3. The molecule has 1 saturated heterocycles. The van der Waals surface area contributed by atoms with E-state index in [2.05, 4.69) is 17.4 Å². The average molecular weight is 397 g/mol. The van der Waals surface area contributed by atoms with Crippen molar-refractivity contribution in [2.24, 2.45) is 5.92 Å². The molecule has 4 nitrogen and oxygen atoms in total. The fraction of sp³-hybridized carbons (Fsp3) is 0.458. The zero-order valence-corrected chi connectivity index (χ0v) is 16.8. The number of ether oxygens (including phenoxy) is 2. The number of hydrogen-bond donors (Lipinski definition) is 1. The Bertz CT molecular complexity index is 856. The van der Waals surface area contributed by atoms with E-state index in [1.54, 1.807) is 19.2 Å². The number of benzene rings is 2. The maximum atomic E-state index is 13.6. The summed E-state index contributed by atoms with van der Waals surface area (Å²) in [6.45, 7) is 0.433. The SMILES string of the molecule is COCCC(=O)N[C@@H]1C[C@H](c2cccc(-c3cccc(F)c3)c2)O[C@@H]2CCC[C@@H]12. The highest BCUT2D eigenvalue weighted by Gasteiger charge is 2.42. The van der Waals surface area contributed by atoms with Gasteiger partial charge in [0.1, 0.15) is 5.82 Å². The van der Waals surface area contributed by atoms with E-state index in [4.69, 9.17) is 9.47 Å². The summed E-state index contributed by atoms with van der Waals surface area (Å²) in [6.07, 6.45) is 4.51. The van der Waals surface area contributed by atoms with Crippen molar-refractivity contribution >= 4 is 5.91 Å². The molecular weight excluding hydrogens is 369 g/mol. The van der Waals surface area contributed by atoms with Crippen molar-refractivity contribution in [1.29, 1.82) is 0 Å². The summed E-state index contributed by atoms with van der Waals surface area (Å²) < 4.78 is 25.1. The molecule has 4 atom stereocenters. The predicted molar refractivity (Wildman–Crippen MR) is 110 cm³/mol.